The Balaban J connectivity index is 1.85. The van der Waals surface area contributed by atoms with Crippen molar-refractivity contribution in [3.05, 3.63) is 58.1 Å². The van der Waals surface area contributed by atoms with Gasteiger partial charge in [0.1, 0.15) is 12.2 Å². The molecular formula is C20H20ClN3O3. The molecule has 0 saturated carbocycles. The van der Waals surface area contributed by atoms with E-state index in [9.17, 15) is 9.59 Å². The van der Waals surface area contributed by atoms with E-state index in [4.69, 9.17) is 21.6 Å². The molecule has 2 rings (SSSR count). The summed E-state index contributed by atoms with van der Waals surface area (Å²) in [6, 6.07) is 12.4. The summed E-state index contributed by atoms with van der Waals surface area (Å²) in [4.78, 5) is 23.5. The molecule has 0 aliphatic rings. The van der Waals surface area contributed by atoms with Gasteiger partial charge in [-0.1, -0.05) is 23.7 Å². The zero-order chi connectivity index (χ0) is 19.8. The summed E-state index contributed by atoms with van der Waals surface area (Å²) in [7, 11) is 0. The minimum Gasteiger partial charge on any atom is -0.484 e. The zero-order valence-corrected chi connectivity index (χ0v) is 15.9. The van der Waals surface area contributed by atoms with Crippen LogP contribution >= 0.6 is 11.6 Å². The Labute approximate surface area is 163 Å². The van der Waals surface area contributed by atoms with Crippen molar-refractivity contribution in [3.63, 3.8) is 0 Å². The van der Waals surface area contributed by atoms with E-state index >= 15 is 0 Å². The summed E-state index contributed by atoms with van der Waals surface area (Å²) in [6.07, 6.45) is -0.206. The van der Waals surface area contributed by atoms with Crippen molar-refractivity contribution in [1.29, 1.82) is 5.26 Å². The molecule has 2 aromatic rings. The molecule has 0 spiro atoms. The van der Waals surface area contributed by atoms with Crippen molar-refractivity contribution in [2.75, 3.05) is 11.9 Å². The van der Waals surface area contributed by atoms with E-state index in [0.717, 1.165) is 16.7 Å². The number of carbonyl (C=O) groups excluding carboxylic acids is 2. The van der Waals surface area contributed by atoms with Crippen molar-refractivity contribution in [2.24, 2.45) is 0 Å². The SMILES string of the molecule is Cc1cc(OCC(=O)NCc2cccc(NC(=O)CC#N)c2)cc(C)c1Cl. The maximum Gasteiger partial charge on any atom is 0.258 e. The second-order valence-electron chi connectivity index (χ2n) is 6.02. The lowest BCUT2D eigenvalue weighted by Crippen LogP contribution is -2.28. The Hall–Kier alpha value is -3.04. The van der Waals surface area contributed by atoms with E-state index in [-0.39, 0.29) is 24.8 Å². The highest BCUT2D eigenvalue weighted by atomic mass is 35.5. The lowest BCUT2D eigenvalue weighted by Gasteiger charge is -2.11. The molecule has 0 heterocycles. The van der Waals surface area contributed by atoms with Gasteiger partial charge in [0.2, 0.25) is 5.91 Å². The molecule has 6 nitrogen and oxygen atoms in total. The summed E-state index contributed by atoms with van der Waals surface area (Å²) < 4.78 is 5.52. The van der Waals surface area contributed by atoms with Crippen LogP contribution in [-0.2, 0) is 16.1 Å². The number of anilines is 1. The fraction of sp³-hybridized carbons (Fsp3) is 0.250. The summed E-state index contributed by atoms with van der Waals surface area (Å²) in [5.41, 5.74) is 3.17. The smallest absolute Gasteiger partial charge is 0.258 e. The number of nitrogens with one attached hydrogen (secondary N) is 2. The predicted molar refractivity (Wildman–Crippen MR) is 104 cm³/mol. The van der Waals surface area contributed by atoms with Crippen LogP contribution in [0.4, 0.5) is 5.69 Å². The number of carbonyl (C=O) groups is 2. The fourth-order valence-electron chi connectivity index (χ4n) is 2.43. The number of halogens is 1. The molecule has 0 atom stereocenters. The third-order valence-corrected chi connectivity index (χ3v) is 4.32. The fourth-order valence-corrected chi connectivity index (χ4v) is 2.54. The molecule has 0 aliphatic carbocycles. The molecule has 2 N–H and O–H groups in total. The lowest BCUT2D eigenvalue weighted by molar-refractivity contribution is -0.123. The van der Waals surface area contributed by atoms with Crippen molar-refractivity contribution in [3.8, 4) is 11.8 Å². The van der Waals surface area contributed by atoms with Crippen LogP contribution in [-0.4, -0.2) is 18.4 Å². The molecule has 27 heavy (non-hydrogen) atoms. The van der Waals surface area contributed by atoms with Gasteiger partial charge in [0.25, 0.3) is 5.91 Å². The number of benzene rings is 2. The summed E-state index contributed by atoms with van der Waals surface area (Å²) in [6.45, 7) is 3.94. The highest BCUT2D eigenvalue weighted by molar-refractivity contribution is 6.32. The van der Waals surface area contributed by atoms with Crippen LogP contribution in [0.25, 0.3) is 0 Å². The minimum atomic E-state index is -0.374. The Morgan fingerprint density at radius 2 is 1.85 bits per heavy atom. The van der Waals surface area contributed by atoms with Gasteiger partial charge >= 0.3 is 0 Å². The molecule has 0 unspecified atom stereocenters. The number of hydrogen-bond acceptors (Lipinski definition) is 4. The topological polar surface area (TPSA) is 91.2 Å². The largest absolute Gasteiger partial charge is 0.484 e. The number of ether oxygens (including phenoxy) is 1. The van der Waals surface area contributed by atoms with Gasteiger partial charge in [-0.3, -0.25) is 9.59 Å². The van der Waals surface area contributed by atoms with Crippen LogP contribution in [0, 0.1) is 25.2 Å². The van der Waals surface area contributed by atoms with Crippen LogP contribution in [0.2, 0.25) is 5.02 Å². The lowest BCUT2D eigenvalue weighted by atomic mass is 10.1. The van der Waals surface area contributed by atoms with E-state index < -0.39 is 0 Å². The van der Waals surface area contributed by atoms with Crippen LogP contribution < -0.4 is 15.4 Å². The molecule has 2 amide bonds. The van der Waals surface area contributed by atoms with Gasteiger partial charge in [-0.2, -0.15) is 5.26 Å². The number of nitriles is 1. The molecule has 0 fully saturated rings. The first kappa shape index (κ1) is 20.3. The highest BCUT2D eigenvalue weighted by Crippen LogP contribution is 2.25. The average Bonchev–Trinajstić information content (AvgIpc) is 2.63. The second-order valence-corrected chi connectivity index (χ2v) is 6.40. The number of rotatable bonds is 7. The third kappa shape index (κ3) is 6.32. The molecule has 140 valence electrons. The quantitative estimate of drug-likeness (QED) is 0.763. The van der Waals surface area contributed by atoms with Crippen LogP contribution in [0.15, 0.2) is 36.4 Å². The number of nitrogens with zero attached hydrogens (tertiary/aromatic N) is 1. The number of hydrogen-bond donors (Lipinski definition) is 2. The van der Waals surface area contributed by atoms with E-state index in [1.807, 2.05) is 19.9 Å². The zero-order valence-electron chi connectivity index (χ0n) is 15.1. The number of amides is 2. The van der Waals surface area contributed by atoms with Crippen molar-refractivity contribution in [2.45, 2.75) is 26.8 Å². The monoisotopic (exact) mass is 385 g/mol. The Kier molecular flexibility index (Phi) is 7.21. The predicted octanol–water partition coefficient (Wildman–Crippen LogP) is 3.50. The Bertz CT molecular complexity index is 867. The molecule has 0 bridgehead atoms. The van der Waals surface area contributed by atoms with Gasteiger partial charge in [-0.05, 0) is 54.8 Å². The first-order valence-corrected chi connectivity index (χ1v) is 8.69. The first-order valence-electron chi connectivity index (χ1n) is 8.31. The van der Waals surface area contributed by atoms with Crippen molar-refractivity contribution in [1.82, 2.24) is 5.32 Å². The molecule has 7 heteroatoms. The van der Waals surface area contributed by atoms with Gasteiger partial charge in [0.15, 0.2) is 6.61 Å². The Morgan fingerprint density at radius 3 is 2.52 bits per heavy atom. The second kappa shape index (κ2) is 9.60. The number of aryl methyl sites for hydroxylation is 2. The van der Waals surface area contributed by atoms with E-state index in [1.165, 1.54) is 0 Å². The molecule has 0 radical (unpaired) electrons. The normalized spacial score (nSPS) is 10.0. The highest BCUT2D eigenvalue weighted by Gasteiger charge is 2.07. The summed E-state index contributed by atoms with van der Waals surface area (Å²) in [5.74, 6) is -0.0495. The van der Waals surface area contributed by atoms with Crippen molar-refractivity contribution < 1.29 is 14.3 Å². The van der Waals surface area contributed by atoms with Crippen molar-refractivity contribution >= 4 is 29.1 Å². The van der Waals surface area contributed by atoms with Gasteiger partial charge in [-0.15, -0.1) is 0 Å². The molecule has 2 aromatic carbocycles. The maximum absolute atomic E-state index is 12.0. The molecule has 0 aromatic heterocycles. The summed E-state index contributed by atoms with van der Waals surface area (Å²) >= 11 is 6.11. The summed E-state index contributed by atoms with van der Waals surface area (Å²) in [5, 5.41) is 14.6. The van der Waals surface area contributed by atoms with Crippen LogP contribution in [0.1, 0.15) is 23.1 Å². The van der Waals surface area contributed by atoms with Gasteiger partial charge < -0.3 is 15.4 Å². The average molecular weight is 386 g/mol. The van der Waals surface area contributed by atoms with Crippen LogP contribution in [0.3, 0.4) is 0 Å². The van der Waals surface area contributed by atoms with Gasteiger partial charge in [-0.25, -0.2) is 0 Å². The maximum atomic E-state index is 12.0. The Morgan fingerprint density at radius 1 is 1.15 bits per heavy atom. The van der Waals surface area contributed by atoms with E-state index in [1.54, 1.807) is 36.4 Å². The molecule has 0 saturated heterocycles. The molecular weight excluding hydrogens is 366 g/mol. The van der Waals surface area contributed by atoms with Crippen LogP contribution in [0.5, 0.6) is 5.75 Å². The van der Waals surface area contributed by atoms with Gasteiger partial charge in [0, 0.05) is 17.3 Å². The standard InChI is InChI=1S/C20H20ClN3O3/c1-13-8-17(9-14(2)20(13)21)27-12-19(26)23-11-15-4-3-5-16(10-15)24-18(25)6-7-22/h3-5,8-10H,6,11-12H2,1-2H3,(H,23,26)(H,24,25). The minimum absolute atomic E-state index is 0.112. The third-order valence-electron chi connectivity index (χ3n) is 3.72. The first-order chi connectivity index (χ1) is 12.9. The van der Waals surface area contributed by atoms with E-state index in [2.05, 4.69) is 10.6 Å². The van der Waals surface area contributed by atoms with E-state index in [0.29, 0.717) is 23.0 Å². The van der Waals surface area contributed by atoms with Gasteiger partial charge in [0.05, 0.1) is 6.07 Å². The molecule has 0 aliphatic heterocycles.